The average molecular weight is 669 g/mol. The summed E-state index contributed by atoms with van der Waals surface area (Å²) in [5, 5.41) is 0. The third kappa shape index (κ3) is 5.94. The summed E-state index contributed by atoms with van der Waals surface area (Å²) >= 11 is 0. The van der Waals surface area contributed by atoms with Gasteiger partial charge >= 0.3 is 0 Å². The van der Waals surface area contributed by atoms with Gasteiger partial charge in [-0.15, -0.1) is 9.24 Å². The highest BCUT2D eigenvalue weighted by Gasteiger charge is 2.47. The molecule has 256 valence electrons. The molecule has 0 bridgehead atoms. The van der Waals surface area contributed by atoms with Crippen LogP contribution in [0.5, 0.6) is 0 Å². The van der Waals surface area contributed by atoms with Crippen LogP contribution in [0, 0.1) is 17.8 Å². The fourth-order valence-corrected chi connectivity index (χ4v) is 10.5. The molecule has 5 fully saturated rings. The molecule has 9 heteroatoms. The van der Waals surface area contributed by atoms with Crippen LogP contribution in [0.25, 0.3) is 11.3 Å². The van der Waals surface area contributed by atoms with Crippen molar-refractivity contribution in [1.82, 2.24) is 29.7 Å². The fraction of sp³-hybridized carbons (Fsp3) is 0.641. The lowest BCUT2D eigenvalue weighted by molar-refractivity contribution is -0.138. The minimum atomic E-state index is 0.0165. The maximum Gasteiger partial charge on any atom is 0.226 e. The second kappa shape index (κ2) is 13.7. The maximum absolute atomic E-state index is 13.6. The van der Waals surface area contributed by atoms with Gasteiger partial charge in [0.1, 0.15) is 11.6 Å². The number of hydrogen-bond donors (Lipinski definition) is 2. The normalized spacial score (nSPS) is 32.5. The minimum absolute atomic E-state index is 0.0165. The van der Waals surface area contributed by atoms with Gasteiger partial charge in [-0.3, -0.25) is 9.59 Å². The topological polar surface area (TPSA) is 98.0 Å². The second-order valence-corrected chi connectivity index (χ2v) is 16.2. The SMILES string of the molecule is CC(CP)C(=O)N1C(c2ncc(-c3ccc(C4CCC(c5cnc(C6CC7CCCCC7N6C=O)[nH]5)CC4)cc3)[nH]2)CC2CCCCC21. The molecule has 2 saturated heterocycles. The standard InChI is InChI=1S/C39H53N6O2P/c1-24(22-48)39(47)45-34-9-5-3-7-30(34)19-36(45)38-41-21-32(43-38)28-16-12-26(13-17-28)25-10-14-27(15-11-25)31-20-40-37(42-31)35-18-29-6-2-4-8-33(29)44(35)23-46/h12-13,16-17,20-21,23-25,27,29-30,33-36H,2-11,14-15,18-19,22,48H2,1H3,(H,40,42)(H,41,43). The van der Waals surface area contributed by atoms with Gasteiger partial charge in [0.25, 0.3) is 0 Å². The van der Waals surface area contributed by atoms with E-state index in [1.165, 1.54) is 62.6 Å². The predicted octanol–water partition coefficient (Wildman–Crippen LogP) is 8.05. The van der Waals surface area contributed by atoms with Crippen molar-refractivity contribution < 1.29 is 9.59 Å². The maximum atomic E-state index is 13.6. The Kier molecular flexibility index (Phi) is 9.22. The van der Waals surface area contributed by atoms with Gasteiger partial charge in [-0.25, -0.2) is 9.97 Å². The number of nitrogens with one attached hydrogen (secondary N) is 2. The van der Waals surface area contributed by atoms with Gasteiger partial charge in [0.15, 0.2) is 0 Å². The summed E-state index contributed by atoms with van der Waals surface area (Å²) in [5.41, 5.74) is 4.85. The van der Waals surface area contributed by atoms with Crippen LogP contribution in [0.1, 0.15) is 144 Å². The summed E-state index contributed by atoms with van der Waals surface area (Å²) in [6, 6.07) is 10.0. The van der Waals surface area contributed by atoms with E-state index in [1.54, 1.807) is 0 Å². The number of carbonyl (C=O) groups is 2. The molecule has 1 aromatic carbocycles. The Hall–Kier alpha value is -2.99. The van der Waals surface area contributed by atoms with E-state index in [1.807, 2.05) is 6.20 Å². The van der Waals surface area contributed by atoms with Crippen LogP contribution < -0.4 is 0 Å². The largest absolute Gasteiger partial charge is 0.344 e. The molecule has 3 saturated carbocycles. The number of nitrogens with zero attached hydrogens (tertiary/aromatic N) is 4. The van der Waals surface area contributed by atoms with Crippen molar-refractivity contribution in [2.75, 3.05) is 6.16 Å². The number of rotatable bonds is 8. The smallest absolute Gasteiger partial charge is 0.226 e. The number of likely N-dealkylation sites (tertiary alicyclic amines) is 2. The summed E-state index contributed by atoms with van der Waals surface area (Å²) in [7, 11) is 2.75. The Labute approximate surface area is 287 Å². The molecule has 2 N–H and O–H groups in total. The fourth-order valence-electron chi connectivity index (χ4n) is 10.3. The van der Waals surface area contributed by atoms with Crippen molar-refractivity contribution >= 4 is 21.6 Å². The average Bonchev–Trinajstić information content (AvgIpc) is 3.95. The van der Waals surface area contributed by atoms with Crippen LogP contribution in [-0.2, 0) is 9.59 Å². The van der Waals surface area contributed by atoms with Crippen LogP contribution >= 0.6 is 9.24 Å². The first-order valence-electron chi connectivity index (χ1n) is 19.0. The van der Waals surface area contributed by atoms with Crippen LogP contribution in [0.2, 0.25) is 0 Å². The van der Waals surface area contributed by atoms with E-state index >= 15 is 0 Å². The van der Waals surface area contributed by atoms with Crippen LogP contribution in [-0.4, -0.2) is 60.3 Å². The van der Waals surface area contributed by atoms with Crippen molar-refractivity contribution in [2.24, 2.45) is 17.8 Å². The zero-order valence-electron chi connectivity index (χ0n) is 28.5. The summed E-state index contributed by atoms with van der Waals surface area (Å²) in [5.74, 6) is 4.53. The Bertz CT molecular complexity index is 1580. The zero-order chi connectivity index (χ0) is 32.8. The lowest BCUT2D eigenvalue weighted by Crippen LogP contribution is -2.43. The summed E-state index contributed by atoms with van der Waals surface area (Å²) < 4.78 is 0. The molecule has 0 radical (unpaired) electrons. The van der Waals surface area contributed by atoms with E-state index in [0.717, 1.165) is 74.0 Å². The molecule has 48 heavy (non-hydrogen) atoms. The molecule has 2 amide bonds. The van der Waals surface area contributed by atoms with E-state index in [0.29, 0.717) is 35.8 Å². The Morgan fingerprint density at radius 2 is 1.46 bits per heavy atom. The highest BCUT2D eigenvalue weighted by atomic mass is 31.0. The summed E-state index contributed by atoms with van der Waals surface area (Å²) in [4.78, 5) is 46.9. The van der Waals surface area contributed by atoms with Crippen molar-refractivity contribution in [3.8, 4) is 11.3 Å². The monoisotopic (exact) mass is 668 g/mol. The number of benzene rings is 1. The summed E-state index contributed by atoms with van der Waals surface area (Å²) in [6.07, 6.45) is 22.4. The number of carbonyl (C=O) groups excluding carboxylic acids is 2. The highest BCUT2D eigenvalue weighted by molar-refractivity contribution is 7.16. The van der Waals surface area contributed by atoms with Gasteiger partial charge in [-0.05, 0) is 99.3 Å². The lowest BCUT2D eigenvalue weighted by Gasteiger charge is -2.35. The molecular formula is C39H53N6O2P. The van der Waals surface area contributed by atoms with Crippen LogP contribution in [0.4, 0.5) is 0 Å². The highest BCUT2D eigenvalue weighted by Crippen LogP contribution is 2.48. The number of aromatic nitrogens is 4. The molecule has 0 spiro atoms. The molecular weight excluding hydrogens is 615 g/mol. The number of fused-ring (bicyclic) bond motifs is 2. The minimum Gasteiger partial charge on any atom is -0.344 e. The van der Waals surface area contributed by atoms with E-state index < -0.39 is 0 Å². The van der Waals surface area contributed by atoms with Gasteiger partial charge < -0.3 is 19.8 Å². The van der Waals surface area contributed by atoms with E-state index in [2.05, 4.69) is 66.4 Å². The van der Waals surface area contributed by atoms with Crippen molar-refractivity contribution in [2.45, 2.75) is 133 Å². The Morgan fingerprint density at radius 1 is 0.833 bits per heavy atom. The second-order valence-electron chi connectivity index (χ2n) is 15.7. The summed E-state index contributed by atoms with van der Waals surface area (Å²) in [6.45, 7) is 2.06. The van der Waals surface area contributed by atoms with E-state index in [-0.39, 0.29) is 23.9 Å². The third-order valence-electron chi connectivity index (χ3n) is 13.1. The van der Waals surface area contributed by atoms with E-state index in [9.17, 15) is 9.59 Å². The first-order chi connectivity index (χ1) is 23.5. The molecule has 4 heterocycles. The number of hydrogen-bond acceptors (Lipinski definition) is 4. The van der Waals surface area contributed by atoms with Gasteiger partial charge in [-0.1, -0.05) is 56.9 Å². The number of H-pyrrole nitrogens is 2. The molecule has 8 unspecified atom stereocenters. The van der Waals surface area contributed by atoms with Crippen LogP contribution in [0.3, 0.4) is 0 Å². The van der Waals surface area contributed by atoms with Gasteiger partial charge in [0.2, 0.25) is 12.3 Å². The number of amides is 2. The molecule has 2 aromatic heterocycles. The first kappa shape index (κ1) is 32.2. The third-order valence-corrected chi connectivity index (χ3v) is 13.8. The first-order valence-corrected chi connectivity index (χ1v) is 19.8. The van der Waals surface area contributed by atoms with Crippen molar-refractivity contribution in [3.63, 3.8) is 0 Å². The predicted molar refractivity (Wildman–Crippen MR) is 191 cm³/mol. The van der Waals surface area contributed by atoms with Crippen LogP contribution in [0.15, 0.2) is 36.7 Å². The zero-order valence-corrected chi connectivity index (χ0v) is 29.7. The molecule has 3 aliphatic carbocycles. The van der Waals surface area contributed by atoms with Crippen molar-refractivity contribution in [1.29, 1.82) is 0 Å². The quantitative estimate of drug-likeness (QED) is 0.188. The Balaban J connectivity index is 0.899. The molecule has 5 aliphatic rings. The Morgan fingerprint density at radius 3 is 2.19 bits per heavy atom. The lowest BCUT2D eigenvalue weighted by atomic mass is 9.77. The van der Waals surface area contributed by atoms with Gasteiger partial charge in [0, 0.05) is 35.8 Å². The number of aromatic amines is 2. The van der Waals surface area contributed by atoms with E-state index in [4.69, 9.17) is 9.97 Å². The van der Waals surface area contributed by atoms with Crippen molar-refractivity contribution in [3.05, 3.63) is 59.6 Å². The van der Waals surface area contributed by atoms with Gasteiger partial charge in [0.05, 0.1) is 24.0 Å². The van der Waals surface area contributed by atoms with Gasteiger partial charge in [-0.2, -0.15) is 0 Å². The molecule has 3 aromatic rings. The molecule has 8 nitrogen and oxygen atoms in total. The number of imidazole rings is 2. The molecule has 8 rings (SSSR count). The molecule has 8 atom stereocenters. The molecule has 2 aliphatic heterocycles.